The number of ether oxygens (including phenoxy) is 2. The maximum atomic E-state index is 12.1. The number of carbonyl (C=O) groups excluding carboxylic acids is 4. The molecule has 0 spiro atoms. The number of rotatable bonds is 18. The number of Topliss-reactive ketones (excluding diaryl/α,β-unsaturated/α-hetero) is 2. The summed E-state index contributed by atoms with van der Waals surface area (Å²) < 4.78 is 10.4. The zero-order valence-electron chi connectivity index (χ0n) is 30.2. The molecule has 5 aromatic carbocycles. The van der Waals surface area contributed by atoms with E-state index >= 15 is 0 Å². The molecule has 0 amide bonds. The zero-order chi connectivity index (χ0) is 39.2. The van der Waals surface area contributed by atoms with E-state index in [9.17, 15) is 19.2 Å². The van der Waals surface area contributed by atoms with Crippen molar-refractivity contribution in [3.05, 3.63) is 186 Å². The highest BCUT2D eigenvalue weighted by atomic mass is 16.5. The second-order valence-electron chi connectivity index (χ2n) is 12.4. The predicted molar refractivity (Wildman–Crippen MR) is 213 cm³/mol. The maximum absolute atomic E-state index is 12.1. The summed E-state index contributed by atoms with van der Waals surface area (Å²) in [5.74, 6) is -3.27. The molecule has 5 rings (SSSR count). The van der Waals surface area contributed by atoms with Gasteiger partial charge in [0.05, 0.1) is 24.4 Å². The van der Waals surface area contributed by atoms with E-state index in [2.05, 4.69) is 72.7 Å². The molecule has 278 valence electrons. The first-order chi connectivity index (χ1) is 26.7. The lowest BCUT2D eigenvalue weighted by Crippen LogP contribution is -2.18. The van der Waals surface area contributed by atoms with Gasteiger partial charge in [0, 0.05) is 29.9 Å². The van der Waals surface area contributed by atoms with Crippen molar-refractivity contribution < 1.29 is 38.9 Å². The molecular formula is C46H41NO8. The summed E-state index contributed by atoms with van der Waals surface area (Å²) in [5.41, 5.74) is 8.00. The van der Waals surface area contributed by atoms with Crippen LogP contribution in [0.4, 0.5) is 17.1 Å². The smallest absolute Gasteiger partial charge is 0.341 e. The minimum atomic E-state index is -0.858. The molecule has 5 aromatic rings. The van der Waals surface area contributed by atoms with Gasteiger partial charge >= 0.3 is 11.9 Å². The van der Waals surface area contributed by atoms with E-state index < -0.39 is 36.7 Å². The molecule has 0 radical (unpaired) electrons. The first-order valence-corrected chi connectivity index (χ1v) is 17.6. The summed E-state index contributed by atoms with van der Waals surface area (Å²) in [6, 6.07) is 44.4. The lowest BCUT2D eigenvalue weighted by atomic mass is 9.95. The van der Waals surface area contributed by atoms with Gasteiger partial charge in [-0.05, 0) is 75.9 Å². The quantitative estimate of drug-likeness (QED) is 0.0317. The van der Waals surface area contributed by atoms with Crippen LogP contribution in [0, 0.1) is 0 Å². The number of hydrogen-bond donors (Lipinski definition) is 2. The molecule has 0 aromatic heterocycles. The molecule has 0 bridgehead atoms. The minimum absolute atomic E-state index is 0.0329. The fourth-order valence-corrected chi connectivity index (χ4v) is 5.64. The molecule has 9 nitrogen and oxygen atoms in total. The molecule has 0 fully saturated rings. The van der Waals surface area contributed by atoms with Gasteiger partial charge in [-0.25, -0.2) is 9.59 Å². The van der Waals surface area contributed by atoms with Gasteiger partial charge in [0.15, 0.2) is 11.6 Å². The Kier molecular flexibility index (Phi) is 14.0. The Morgan fingerprint density at radius 3 is 1.25 bits per heavy atom. The van der Waals surface area contributed by atoms with Crippen molar-refractivity contribution in [3.8, 4) is 0 Å². The molecule has 0 atom stereocenters. The Hall–Kier alpha value is -6.68. The Labute approximate surface area is 320 Å². The highest BCUT2D eigenvalue weighted by molar-refractivity contribution is 6.17. The molecule has 0 aliphatic carbocycles. The second-order valence-corrected chi connectivity index (χ2v) is 12.4. The van der Waals surface area contributed by atoms with Crippen LogP contribution in [0.1, 0.15) is 27.8 Å². The molecule has 0 aliphatic heterocycles. The van der Waals surface area contributed by atoms with Crippen LogP contribution >= 0.6 is 0 Å². The number of esters is 2. The monoisotopic (exact) mass is 735 g/mol. The highest BCUT2D eigenvalue weighted by Crippen LogP contribution is 2.36. The Bertz CT molecular complexity index is 2030. The van der Waals surface area contributed by atoms with Gasteiger partial charge in [0.25, 0.3) is 0 Å². The van der Waals surface area contributed by atoms with E-state index in [1.54, 1.807) is 0 Å². The largest absolute Gasteiger partial charge is 0.462 e. The summed E-state index contributed by atoms with van der Waals surface area (Å²) in [6.45, 7) is 5.24. The molecule has 0 saturated heterocycles. The first-order valence-electron chi connectivity index (χ1n) is 17.6. The summed E-state index contributed by atoms with van der Waals surface area (Å²) in [5, 5.41) is 17.9. The number of carbonyl (C=O) groups is 4. The van der Waals surface area contributed by atoms with Gasteiger partial charge in [0.2, 0.25) is 0 Å². The number of nitrogens with zero attached hydrogens (tertiary/aromatic N) is 1. The van der Waals surface area contributed by atoms with Gasteiger partial charge in [-0.15, -0.1) is 0 Å². The van der Waals surface area contributed by atoms with Gasteiger partial charge in [-0.3, -0.25) is 9.59 Å². The van der Waals surface area contributed by atoms with Crippen LogP contribution in [0.5, 0.6) is 0 Å². The van der Waals surface area contributed by atoms with E-state index in [4.69, 9.17) is 19.7 Å². The highest BCUT2D eigenvalue weighted by Gasteiger charge is 2.18. The lowest BCUT2D eigenvalue weighted by Gasteiger charge is -2.26. The summed E-state index contributed by atoms with van der Waals surface area (Å²) in [6.07, 6.45) is 2.98. The third-order valence-corrected chi connectivity index (χ3v) is 8.72. The average molecular weight is 736 g/mol. The fourth-order valence-electron chi connectivity index (χ4n) is 5.64. The zero-order valence-corrected chi connectivity index (χ0v) is 30.2. The Morgan fingerprint density at radius 1 is 0.527 bits per heavy atom. The van der Waals surface area contributed by atoms with Crippen LogP contribution < -0.4 is 4.90 Å². The number of anilines is 3. The van der Waals surface area contributed by atoms with Crippen LogP contribution in [0.2, 0.25) is 0 Å². The SMILES string of the molecule is C=C(C(=O)CO)C(=O)OCCc1ccc(N(c2ccc(C=C(c3ccccc3)c3ccccc3)cc2)c2ccc(CCOC(=O)C(=C)C(=O)CO)cc2)cc1. The fraction of sp³-hybridized carbons (Fsp3) is 0.130. The van der Waals surface area contributed by atoms with E-state index in [0.29, 0.717) is 12.8 Å². The van der Waals surface area contributed by atoms with Crippen LogP contribution in [-0.2, 0) is 41.5 Å². The summed E-state index contributed by atoms with van der Waals surface area (Å²) >= 11 is 0. The third kappa shape index (κ3) is 10.7. The molecule has 0 unspecified atom stereocenters. The van der Waals surface area contributed by atoms with Gasteiger partial charge in [-0.2, -0.15) is 0 Å². The molecule has 0 heterocycles. The standard InChI is InChI=1S/C46H41NO8/c1-32(43(50)30-48)45(52)54-27-25-34-13-19-39(20-14-34)47(40-21-15-35(16-22-40)26-28-55-46(53)33(2)44(51)31-49)41-23-17-36(18-24-41)29-42(37-9-5-3-6-10-37)38-11-7-4-8-12-38/h3-24,29,48-49H,1-2,25-28,30-31H2. The van der Waals surface area contributed by atoms with Gasteiger partial charge < -0.3 is 24.6 Å². The number of aliphatic hydroxyl groups excluding tert-OH is 2. The normalized spacial score (nSPS) is 10.5. The van der Waals surface area contributed by atoms with Gasteiger partial charge in [-0.1, -0.05) is 110 Å². The lowest BCUT2D eigenvalue weighted by molar-refractivity contribution is -0.142. The third-order valence-electron chi connectivity index (χ3n) is 8.72. The van der Waals surface area contributed by atoms with Crippen molar-refractivity contribution in [2.75, 3.05) is 31.3 Å². The minimum Gasteiger partial charge on any atom is -0.462 e. The summed E-state index contributed by atoms with van der Waals surface area (Å²) in [4.78, 5) is 49.4. The predicted octanol–water partition coefficient (Wildman–Crippen LogP) is 7.15. The number of aliphatic hydroxyl groups is 2. The van der Waals surface area contributed by atoms with Crippen molar-refractivity contribution in [2.24, 2.45) is 0 Å². The number of ketones is 2. The van der Waals surface area contributed by atoms with Crippen molar-refractivity contribution in [1.29, 1.82) is 0 Å². The average Bonchev–Trinajstić information content (AvgIpc) is 3.23. The van der Waals surface area contributed by atoms with E-state index in [0.717, 1.165) is 50.5 Å². The Morgan fingerprint density at radius 2 is 0.891 bits per heavy atom. The van der Waals surface area contributed by atoms with Crippen molar-refractivity contribution in [1.82, 2.24) is 0 Å². The van der Waals surface area contributed by atoms with Crippen LogP contribution in [-0.4, -0.2) is 60.1 Å². The molecular weight excluding hydrogens is 695 g/mol. The number of hydrogen-bond acceptors (Lipinski definition) is 9. The first kappa shape index (κ1) is 39.5. The van der Waals surface area contributed by atoms with E-state index in [1.807, 2.05) is 84.9 Å². The molecule has 0 aliphatic rings. The van der Waals surface area contributed by atoms with Crippen LogP contribution in [0.3, 0.4) is 0 Å². The van der Waals surface area contributed by atoms with Crippen LogP contribution in [0.15, 0.2) is 158 Å². The second kappa shape index (κ2) is 19.4. The van der Waals surface area contributed by atoms with Crippen molar-refractivity contribution in [2.45, 2.75) is 12.8 Å². The van der Waals surface area contributed by atoms with Crippen LogP contribution in [0.25, 0.3) is 11.6 Å². The summed E-state index contributed by atoms with van der Waals surface area (Å²) in [7, 11) is 0. The number of benzene rings is 5. The molecule has 55 heavy (non-hydrogen) atoms. The molecule has 0 saturated carbocycles. The van der Waals surface area contributed by atoms with Crippen molar-refractivity contribution >= 4 is 52.2 Å². The van der Waals surface area contributed by atoms with Gasteiger partial charge in [0.1, 0.15) is 13.2 Å². The molecule has 9 heteroatoms. The molecule has 2 N–H and O–H groups in total. The van der Waals surface area contributed by atoms with E-state index in [1.165, 1.54) is 0 Å². The van der Waals surface area contributed by atoms with E-state index in [-0.39, 0.29) is 24.4 Å². The van der Waals surface area contributed by atoms with Crippen molar-refractivity contribution in [3.63, 3.8) is 0 Å². The maximum Gasteiger partial charge on any atom is 0.341 e. The Balaban J connectivity index is 1.38. The topological polar surface area (TPSA) is 130 Å².